The number of methoxy groups -OCH3 is 1. The van der Waals surface area contributed by atoms with Crippen LogP contribution < -0.4 is 15.4 Å². The number of fused-ring (bicyclic) bond motifs is 1. The number of nitrogens with one attached hydrogen (secondary N) is 2. The van der Waals surface area contributed by atoms with Crippen molar-refractivity contribution in [1.29, 1.82) is 0 Å². The van der Waals surface area contributed by atoms with Crippen molar-refractivity contribution in [2.45, 2.75) is 32.9 Å². The van der Waals surface area contributed by atoms with E-state index < -0.39 is 0 Å². The minimum atomic E-state index is -0.304. The van der Waals surface area contributed by atoms with E-state index in [1.165, 1.54) is 11.8 Å². The zero-order valence-corrected chi connectivity index (χ0v) is 24.3. The predicted octanol–water partition coefficient (Wildman–Crippen LogP) is 2.89. The Morgan fingerprint density at radius 3 is 2.85 bits per heavy atom. The van der Waals surface area contributed by atoms with Gasteiger partial charge in [-0.15, -0.1) is 0 Å². The first-order valence-electron chi connectivity index (χ1n) is 13.6. The summed E-state index contributed by atoms with van der Waals surface area (Å²) in [6.45, 7) is 13.9. The van der Waals surface area contributed by atoms with Crippen LogP contribution in [0.1, 0.15) is 36.2 Å². The van der Waals surface area contributed by atoms with E-state index in [1.807, 2.05) is 32.1 Å². The van der Waals surface area contributed by atoms with Crippen molar-refractivity contribution in [3.63, 3.8) is 0 Å². The lowest BCUT2D eigenvalue weighted by molar-refractivity contribution is -0.116. The molecule has 40 heavy (non-hydrogen) atoms. The highest BCUT2D eigenvalue weighted by Crippen LogP contribution is 2.35. The Labute approximate surface area is 240 Å². The predicted molar refractivity (Wildman–Crippen MR) is 157 cm³/mol. The van der Waals surface area contributed by atoms with Crippen molar-refractivity contribution in [3.8, 4) is 5.75 Å². The summed E-state index contributed by atoms with van der Waals surface area (Å²) in [7, 11) is 1.64. The lowest BCUT2D eigenvalue weighted by Gasteiger charge is -2.33. The summed E-state index contributed by atoms with van der Waals surface area (Å²) in [4.78, 5) is 35.1. The van der Waals surface area contributed by atoms with Gasteiger partial charge in [-0.1, -0.05) is 30.5 Å². The van der Waals surface area contributed by atoms with Gasteiger partial charge in [-0.05, 0) is 31.5 Å². The molecular weight excluding hydrogens is 530 g/mol. The van der Waals surface area contributed by atoms with Gasteiger partial charge in [0.15, 0.2) is 0 Å². The second kappa shape index (κ2) is 14.5. The van der Waals surface area contributed by atoms with Crippen LogP contribution in [0.3, 0.4) is 0 Å². The molecule has 1 atom stereocenters. The number of nitrogens with zero attached hydrogens (tertiary/aromatic N) is 3. The van der Waals surface area contributed by atoms with Crippen LogP contribution in [-0.4, -0.2) is 93.6 Å². The van der Waals surface area contributed by atoms with Crippen LogP contribution in [-0.2, 0) is 20.8 Å². The highest BCUT2D eigenvalue weighted by Gasteiger charge is 2.31. The molecule has 0 bridgehead atoms. The standard InChI is InChI=1S/C29H39N5O5S/c1-5-27(40-21(3)28(35)32-25-17-31-9-8-26(25)33-12-10-30-11-13-33)34-18-22-6-7-23(16-24(22)29(34)36)39-15-14-38-20(2)19-37-4/h5-7,16-17,20,30H,3,8-15,18-19H2,1-2,4H3,(H,32,35). The molecule has 11 heteroatoms. The summed E-state index contributed by atoms with van der Waals surface area (Å²) >= 11 is 1.19. The normalized spacial score (nSPS) is 18.2. The van der Waals surface area contributed by atoms with E-state index in [2.05, 4.69) is 27.1 Å². The Morgan fingerprint density at radius 1 is 1.30 bits per heavy atom. The second-order valence-electron chi connectivity index (χ2n) is 9.68. The number of benzene rings is 1. The number of piperazine rings is 1. The molecule has 216 valence electrons. The molecule has 3 aliphatic heterocycles. The van der Waals surface area contributed by atoms with E-state index in [1.54, 1.807) is 24.3 Å². The van der Waals surface area contributed by atoms with E-state index in [-0.39, 0.29) is 17.9 Å². The van der Waals surface area contributed by atoms with Gasteiger partial charge in [0.05, 0.1) is 41.5 Å². The van der Waals surface area contributed by atoms with Crippen LogP contribution in [0.25, 0.3) is 0 Å². The Balaban J connectivity index is 1.34. The van der Waals surface area contributed by atoms with Crippen molar-refractivity contribution >= 4 is 29.8 Å². The molecule has 0 spiro atoms. The van der Waals surface area contributed by atoms with Gasteiger partial charge in [0.25, 0.3) is 11.8 Å². The van der Waals surface area contributed by atoms with Crippen molar-refractivity contribution in [3.05, 3.63) is 63.3 Å². The fourth-order valence-electron chi connectivity index (χ4n) is 4.78. The van der Waals surface area contributed by atoms with Gasteiger partial charge in [-0.25, -0.2) is 0 Å². The number of thioether (sulfide) groups is 1. The maximum Gasteiger partial charge on any atom is 0.261 e. The fraction of sp³-hybridized carbons (Fsp3) is 0.483. The van der Waals surface area contributed by atoms with Crippen LogP contribution in [0.5, 0.6) is 5.75 Å². The molecular formula is C29H39N5O5S. The Hall–Kier alpha value is -3.12. The first-order chi connectivity index (χ1) is 19.4. The highest BCUT2D eigenvalue weighted by atomic mass is 32.2. The van der Waals surface area contributed by atoms with Crippen LogP contribution in [0.2, 0.25) is 0 Å². The fourth-order valence-corrected chi connectivity index (χ4v) is 5.55. The smallest absolute Gasteiger partial charge is 0.261 e. The van der Waals surface area contributed by atoms with Crippen LogP contribution in [0, 0.1) is 0 Å². The average molecular weight is 570 g/mol. The van der Waals surface area contributed by atoms with Crippen molar-refractivity contribution in [2.75, 3.05) is 59.7 Å². The summed E-state index contributed by atoms with van der Waals surface area (Å²) in [5.41, 5.74) is 3.32. The van der Waals surface area contributed by atoms with Crippen LogP contribution >= 0.6 is 11.8 Å². The molecule has 4 rings (SSSR count). The first kappa shape index (κ1) is 29.9. The number of ether oxygens (including phenoxy) is 3. The van der Waals surface area contributed by atoms with Crippen LogP contribution in [0.15, 0.2) is 57.2 Å². The molecule has 10 nitrogen and oxygen atoms in total. The number of hydrogen-bond donors (Lipinski definition) is 2. The molecule has 3 heterocycles. The number of amides is 2. The lowest BCUT2D eigenvalue weighted by atomic mass is 10.1. The molecule has 1 aromatic carbocycles. The largest absolute Gasteiger partial charge is 0.491 e. The lowest BCUT2D eigenvalue weighted by Crippen LogP contribution is -2.44. The number of allylic oxidation sites excluding steroid dienone is 2. The van der Waals surface area contributed by atoms with Crippen molar-refractivity contribution in [2.24, 2.45) is 4.99 Å². The Morgan fingerprint density at radius 2 is 2.10 bits per heavy atom. The van der Waals surface area contributed by atoms with Gasteiger partial charge < -0.3 is 29.7 Å². The highest BCUT2D eigenvalue weighted by molar-refractivity contribution is 8.07. The topological polar surface area (TPSA) is 105 Å². The maximum atomic E-state index is 13.3. The third kappa shape index (κ3) is 7.54. The number of rotatable bonds is 13. The monoisotopic (exact) mass is 569 g/mol. The molecule has 2 N–H and O–H groups in total. The van der Waals surface area contributed by atoms with Crippen LogP contribution in [0.4, 0.5) is 0 Å². The number of dihydropyridines is 1. The zero-order valence-electron chi connectivity index (χ0n) is 23.5. The molecule has 3 aliphatic rings. The number of carbonyl (C=O) groups is 2. The molecule has 0 aromatic heterocycles. The molecule has 1 fully saturated rings. The van der Waals surface area contributed by atoms with E-state index >= 15 is 0 Å². The molecule has 0 aliphatic carbocycles. The van der Waals surface area contributed by atoms with Gasteiger partial charge >= 0.3 is 0 Å². The number of carbonyl (C=O) groups excluding carboxylic acids is 2. The Kier molecular flexibility index (Phi) is 10.8. The molecule has 0 radical (unpaired) electrons. The van der Waals surface area contributed by atoms with Gasteiger partial charge in [0.1, 0.15) is 12.4 Å². The molecule has 1 unspecified atom stereocenters. The SMILES string of the molecule is C=C(SC(=CC)N1Cc2ccc(OCCOC(C)COC)cc2C1=O)C(=O)NC1=C(N2CCNCC2)CCN=C1. The molecule has 2 amide bonds. The van der Waals surface area contributed by atoms with E-state index in [0.29, 0.717) is 54.2 Å². The minimum absolute atomic E-state index is 0.0147. The first-order valence-corrected chi connectivity index (χ1v) is 14.4. The van der Waals surface area contributed by atoms with E-state index in [0.717, 1.165) is 49.6 Å². The Bertz CT molecular complexity index is 1190. The average Bonchev–Trinajstić information content (AvgIpc) is 3.30. The quantitative estimate of drug-likeness (QED) is 0.276. The minimum Gasteiger partial charge on any atom is -0.491 e. The molecule has 1 saturated heterocycles. The second-order valence-corrected chi connectivity index (χ2v) is 10.8. The molecule has 0 saturated carbocycles. The van der Waals surface area contributed by atoms with Gasteiger partial charge in [-0.2, -0.15) is 0 Å². The molecule has 1 aromatic rings. The van der Waals surface area contributed by atoms with Gasteiger partial charge in [0.2, 0.25) is 0 Å². The van der Waals surface area contributed by atoms with Crippen molar-refractivity contribution in [1.82, 2.24) is 20.4 Å². The summed E-state index contributed by atoms with van der Waals surface area (Å²) in [5, 5.41) is 7.01. The maximum absolute atomic E-state index is 13.3. The summed E-state index contributed by atoms with van der Waals surface area (Å²) in [6, 6.07) is 5.53. The van der Waals surface area contributed by atoms with E-state index in [9.17, 15) is 9.59 Å². The summed E-state index contributed by atoms with van der Waals surface area (Å²) in [6.07, 6.45) is 4.34. The number of aliphatic imine (C=N–C) groups is 1. The summed E-state index contributed by atoms with van der Waals surface area (Å²) in [5.74, 6) is 0.169. The summed E-state index contributed by atoms with van der Waals surface area (Å²) < 4.78 is 16.5. The third-order valence-electron chi connectivity index (χ3n) is 6.79. The van der Waals surface area contributed by atoms with E-state index in [4.69, 9.17) is 14.2 Å². The number of hydrogen-bond acceptors (Lipinski definition) is 9. The van der Waals surface area contributed by atoms with Gasteiger partial charge in [0, 0.05) is 63.7 Å². The third-order valence-corrected chi connectivity index (χ3v) is 7.89. The zero-order chi connectivity index (χ0) is 28.5. The van der Waals surface area contributed by atoms with Gasteiger partial charge in [-0.3, -0.25) is 19.5 Å². The van der Waals surface area contributed by atoms with Crippen molar-refractivity contribution < 1.29 is 23.8 Å².